The Morgan fingerprint density at radius 3 is 2.82 bits per heavy atom. The lowest BCUT2D eigenvalue weighted by Gasteiger charge is -2.22. The Kier molecular flexibility index (Phi) is 5.81. The molecule has 1 aliphatic rings. The van der Waals surface area contributed by atoms with E-state index in [1.807, 2.05) is 23.5 Å². The summed E-state index contributed by atoms with van der Waals surface area (Å²) in [4.78, 5) is 21.1. The van der Waals surface area contributed by atoms with Crippen molar-refractivity contribution in [1.82, 2.24) is 10.3 Å². The quantitative estimate of drug-likeness (QED) is 0.818. The van der Waals surface area contributed by atoms with Crippen LogP contribution in [0, 0.1) is 0 Å². The minimum absolute atomic E-state index is 0.107. The van der Waals surface area contributed by atoms with Gasteiger partial charge >= 0.3 is 6.18 Å². The summed E-state index contributed by atoms with van der Waals surface area (Å²) in [6.45, 7) is 0. The molecule has 148 valence electrons. The van der Waals surface area contributed by atoms with Gasteiger partial charge in [-0.2, -0.15) is 13.2 Å². The summed E-state index contributed by atoms with van der Waals surface area (Å²) in [6.07, 6.45) is -4.05. The van der Waals surface area contributed by atoms with Gasteiger partial charge in [-0.15, -0.1) is 0 Å². The number of amides is 1. The molecule has 2 heterocycles. The van der Waals surface area contributed by atoms with Crippen LogP contribution in [-0.4, -0.2) is 36.0 Å². The van der Waals surface area contributed by atoms with Crippen molar-refractivity contribution >= 4 is 11.6 Å². The number of rotatable bonds is 6. The number of aromatic nitrogens is 1. The summed E-state index contributed by atoms with van der Waals surface area (Å²) in [5.41, 5.74) is 1.16. The van der Waals surface area contributed by atoms with E-state index in [4.69, 9.17) is 9.57 Å². The molecule has 0 saturated heterocycles. The fourth-order valence-corrected chi connectivity index (χ4v) is 2.80. The van der Waals surface area contributed by atoms with Crippen molar-refractivity contribution in [2.75, 3.05) is 7.11 Å². The molecule has 1 aromatic heterocycles. The number of carbonyl (C=O) groups is 1. The molecule has 1 aliphatic heterocycles. The van der Waals surface area contributed by atoms with E-state index in [1.165, 1.54) is 24.4 Å². The molecule has 0 fully saturated rings. The molecule has 3 rings (SSSR count). The van der Waals surface area contributed by atoms with Crippen LogP contribution in [0.4, 0.5) is 13.2 Å². The van der Waals surface area contributed by atoms with E-state index in [0.717, 1.165) is 5.56 Å². The second-order valence-electron chi connectivity index (χ2n) is 6.22. The van der Waals surface area contributed by atoms with Gasteiger partial charge in [0.15, 0.2) is 6.04 Å². The zero-order valence-corrected chi connectivity index (χ0v) is 14.9. The number of benzene rings is 1. The molecule has 2 aromatic rings. The van der Waals surface area contributed by atoms with Gasteiger partial charge in [0, 0.05) is 19.0 Å². The topological polar surface area (TPSA) is 72.8 Å². The summed E-state index contributed by atoms with van der Waals surface area (Å²) in [5, 5.41) is 5.82. The van der Waals surface area contributed by atoms with Gasteiger partial charge < -0.3 is 14.9 Å². The number of hydrogen-bond donors (Lipinski definition) is 1. The highest BCUT2D eigenvalue weighted by Gasteiger charge is 2.44. The molecule has 1 aromatic carbocycles. The van der Waals surface area contributed by atoms with Gasteiger partial charge in [-0.1, -0.05) is 23.4 Å². The van der Waals surface area contributed by atoms with Crippen molar-refractivity contribution in [1.29, 1.82) is 0 Å². The van der Waals surface area contributed by atoms with Crippen LogP contribution in [-0.2, 0) is 16.1 Å². The third-order valence-corrected chi connectivity index (χ3v) is 4.16. The number of oxime groups is 1. The molecule has 0 bridgehead atoms. The van der Waals surface area contributed by atoms with Crippen LogP contribution in [0.15, 0.2) is 53.8 Å². The van der Waals surface area contributed by atoms with Crippen LogP contribution in [0.1, 0.15) is 23.7 Å². The number of pyridine rings is 1. The first-order valence-electron chi connectivity index (χ1n) is 8.49. The number of nitrogens with one attached hydrogen (secondary N) is 1. The average Bonchev–Trinajstić information content (AvgIpc) is 3.14. The maximum Gasteiger partial charge on any atom is 0.414 e. The molecule has 9 heteroatoms. The SMILES string of the molecule is COc1cccc(CC2=NO[C@@H](C(=O)N[C@@H](c3ccccn3)C(F)(F)F)C2)c1. The zero-order chi connectivity index (χ0) is 20.1. The lowest BCUT2D eigenvalue weighted by atomic mass is 10.0. The average molecular weight is 393 g/mol. The molecule has 1 N–H and O–H groups in total. The smallest absolute Gasteiger partial charge is 0.414 e. The molecule has 0 spiro atoms. The van der Waals surface area contributed by atoms with Crippen LogP contribution >= 0.6 is 0 Å². The Labute approximate surface area is 159 Å². The first-order valence-corrected chi connectivity index (χ1v) is 8.49. The summed E-state index contributed by atoms with van der Waals surface area (Å²) in [5.74, 6) is -0.216. The Morgan fingerprint density at radius 1 is 1.32 bits per heavy atom. The highest BCUT2D eigenvalue weighted by atomic mass is 19.4. The number of ether oxygens (including phenoxy) is 1. The Hall–Kier alpha value is -3.10. The first kappa shape index (κ1) is 19.7. The summed E-state index contributed by atoms with van der Waals surface area (Å²) >= 11 is 0. The third kappa shape index (κ3) is 4.79. The van der Waals surface area contributed by atoms with Crippen molar-refractivity contribution in [3.8, 4) is 5.75 Å². The highest BCUT2D eigenvalue weighted by molar-refractivity contribution is 5.94. The number of hydrogen-bond acceptors (Lipinski definition) is 5. The van der Waals surface area contributed by atoms with Crippen LogP contribution in [0.2, 0.25) is 0 Å². The number of methoxy groups -OCH3 is 1. The van der Waals surface area contributed by atoms with Gasteiger partial charge in [0.1, 0.15) is 5.75 Å². The number of halogens is 3. The predicted octanol–water partition coefficient (Wildman–Crippen LogP) is 3.20. The fourth-order valence-electron chi connectivity index (χ4n) is 2.80. The largest absolute Gasteiger partial charge is 0.497 e. The lowest BCUT2D eigenvalue weighted by molar-refractivity contribution is -0.167. The monoisotopic (exact) mass is 393 g/mol. The molecule has 2 atom stereocenters. The van der Waals surface area contributed by atoms with E-state index >= 15 is 0 Å². The van der Waals surface area contributed by atoms with E-state index in [-0.39, 0.29) is 12.1 Å². The fraction of sp³-hybridized carbons (Fsp3) is 0.316. The van der Waals surface area contributed by atoms with Crippen molar-refractivity contribution in [3.05, 3.63) is 59.9 Å². The minimum atomic E-state index is -4.69. The highest BCUT2D eigenvalue weighted by Crippen LogP contribution is 2.32. The summed E-state index contributed by atoms with van der Waals surface area (Å²) in [6, 6.07) is 9.20. The number of alkyl halides is 3. The van der Waals surface area contributed by atoms with Crippen LogP contribution in [0.3, 0.4) is 0 Å². The zero-order valence-electron chi connectivity index (χ0n) is 14.9. The van der Waals surface area contributed by atoms with Gasteiger partial charge in [-0.05, 0) is 29.8 Å². The van der Waals surface area contributed by atoms with E-state index in [9.17, 15) is 18.0 Å². The van der Waals surface area contributed by atoms with Crippen molar-refractivity contribution in [3.63, 3.8) is 0 Å². The van der Waals surface area contributed by atoms with Crippen LogP contribution in [0.5, 0.6) is 5.75 Å². The maximum absolute atomic E-state index is 13.4. The number of carbonyl (C=O) groups excluding carboxylic acids is 1. The second kappa shape index (κ2) is 8.28. The van der Waals surface area contributed by atoms with E-state index in [0.29, 0.717) is 17.9 Å². The van der Waals surface area contributed by atoms with Gasteiger partial charge in [-0.25, -0.2) is 0 Å². The van der Waals surface area contributed by atoms with Gasteiger partial charge in [-0.3, -0.25) is 9.78 Å². The molecular weight excluding hydrogens is 375 g/mol. The molecular formula is C19H18F3N3O3. The van der Waals surface area contributed by atoms with Gasteiger partial charge in [0.2, 0.25) is 6.10 Å². The van der Waals surface area contributed by atoms with E-state index in [1.54, 1.807) is 13.2 Å². The molecule has 0 unspecified atom stereocenters. The normalized spacial score (nSPS) is 17.4. The minimum Gasteiger partial charge on any atom is -0.497 e. The van der Waals surface area contributed by atoms with Crippen molar-refractivity contribution in [2.45, 2.75) is 31.2 Å². The molecule has 0 aliphatic carbocycles. The van der Waals surface area contributed by atoms with Crippen molar-refractivity contribution < 1.29 is 27.5 Å². The molecule has 1 amide bonds. The second-order valence-corrected chi connectivity index (χ2v) is 6.22. The first-order chi connectivity index (χ1) is 13.4. The molecule has 0 saturated carbocycles. The van der Waals surface area contributed by atoms with Crippen LogP contribution < -0.4 is 10.1 Å². The Morgan fingerprint density at radius 2 is 2.14 bits per heavy atom. The Balaban J connectivity index is 1.62. The molecule has 0 radical (unpaired) electrons. The standard InChI is InChI=1S/C19H18F3N3O3/c1-27-14-6-4-5-12(10-14)9-13-11-16(28-25-13)18(26)24-17(19(20,21)22)15-7-2-3-8-23-15/h2-8,10,16-17H,9,11H2,1H3,(H,24,26)/t16-,17+/m1/s1. The van der Waals surface area contributed by atoms with Crippen LogP contribution in [0.25, 0.3) is 0 Å². The summed E-state index contributed by atoms with van der Waals surface area (Å²) in [7, 11) is 1.55. The van der Waals surface area contributed by atoms with Crippen molar-refractivity contribution in [2.24, 2.45) is 5.16 Å². The van der Waals surface area contributed by atoms with Gasteiger partial charge in [0.25, 0.3) is 5.91 Å². The lowest BCUT2D eigenvalue weighted by Crippen LogP contribution is -2.43. The maximum atomic E-state index is 13.4. The molecule has 28 heavy (non-hydrogen) atoms. The summed E-state index contributed by atoms with van der Waals surface area (Å²) < 4.78 is 45.2. The van der Waals surface area contributed by atoms with E-state index in [2.05, 4.69) is 10.1 Å². The predicted molar refractivity (Wildman–Crippen MR) is 94.8 cm³/mol. The van der Waals surface area contributed by atoms with Gasteiger partial charge in [0.05, 0.1) is 18.5 Å². The number of nitrogens with zero attached hydrogens (tertiary/aromatic N) is 2. The Bertz CT molecular complexity index is 856. The molecule has 6 nitrogen and oxygen atoms in total. The third-order valence-electron chi connectivity index (χ3n) is 4.16. The van der Waals surface area contributed by atoms with E-state index < -0.39 is 24.2 Å².